The van der Waals surface area contributed by atoms with Gasteiger partial charge in [-0.2, -0.15) is 0 Å². The predicted octanol–water partition coefficient (Wildman–Crippen LogP) is 1.62. The normalized spacial score (nSPS) is 45.3. The number of carbonyl (C=O) groups is 4. The second-order valence-corrected chi connectivity index (χ2v) is 17.3. The molecule has 16 heteroatoms. The lowest BCUT2D eigenvalue weighted by molar-refractivity contribution is -0.358. The number of hydrogen-bond donors (Lipinski definition) is 5. The number of aliphatic hydroxyl groups excluding tert-OH is 4. The molecular weight excluding hydrogens is 724 g/mol. The number of esters is 3. The summed E-state index contributed by atoms with van der Waals surface area (Å²) >= 11 is 0. The second-order valence-electron chi connectivity index (χ2n) is 17.3. The smallest absolute Gasteiger partial charge is 0.306 e. The van der Waals surface area contributed by atoms with Crippen molar-refractivity contribution in [3.8, 4) is 0 Å². The van der Waals surface area contributed by atoms with Crippen LogP contribution in [0.2, 0.25) is 0 Å². The highest BCUT2D eigenvalue weighted by Gasteiger charge is 2.67. The summed E-state index contributed by atoms with van der Waals surface area (Å²) in [5.74, 6) is -4.05. The largest absolute Gasteiger partial charge is 0.481 e. The van der Waals surface area contributed by atoms with Crippen LogP contribution < -0.4 is 0 Å². The molecule has 55 heavy (non-hydrogen) atoms. The van der Waals surface area contributed by atoms with Crippen molar-refractivity contribution in [2.45, 2.75) is 154 Å². The van der Waals surface area contributed by atoms with Crippen molar-refractivity contribution < 1.29 is 77.9 Å². The van der Waals surface area contributed by atoms with E-state index in [9.17, 15) is 44.7 Å². The van der Waals surface area contributed by atoms with Gasteiger partial charge in [-0.15, -0.1) is 0 Å². The van der Waals surface area contributed by atoms with Crippen molar-refractivity contribution in [2.24, 2.45) is 40.4 Å². The Morgan fingerprint density at radius 2 is 1.62 bits per heavy atom. The summed E-state index contributed by atoms with van der Waals surface area (Å²) in [7, 11) is 0. The molecule has 4 aliphatic carbocycles. The van der Waals surface area contributed by atoms with Crippen LogP contribution in [0.4, 0.5) is 0 Å². The van der Waals surface area contributed by atoms with Crippen molar-refractivity contribution in [3.63, 3.8) is 0 Å². The fourth-order valence-corrected chi connectivity index (χ4v) is 11.2. The van der Waals surface area contributed by atoms with E-state index in [0.717, 1.165) is 38.7 Å². The maximum absolute atomic E-state index is 13.4. The van der Waals surface area contributed by atoms with Crippen LogP contribution >= 0.6 is 0 Å². The third-order valence-corrected chi connectivity index (χ3v) is 13.4. The summed E-state index contributed by atoms with van der Waals surface area (Å²) in [6.45, 7) is 11.1. The number of aliphatic carboxylic acids is 1. The van der Waals surface area contributed by atoms with Gasteiger partial charge in [-0.05, 0) is 79.6 Å². The molecule has 310 valence electrons. The summed E-state index contributed by atoms with van der Waals surface area (Å²) < 4.78 is 41.4. The summed E-state index contributed by atoms with van der Waals surface area (Å²) in [6, 6.07) is 0. The van der Waals surface area contributed by atoms with Gasteiger partial charge in [0, 0.05) is 25.7 Å². The molecule has 6 rings (SSSR count). The molecule has 2 aliphatic heterocycles. The van der Waals surface area contributed by atoms with E-state index in [1.54, 1.807) is 0 Å². The molecule has 2 saturated heterocycles. The number of ether oxygens (including phenoxy) is 7. The molecule has 16 nitrogen and oxygen atoms in total. The molecule has 6 fully saturated rings. The minimum absolute atomic E-state index is 0.00812. The molecule has 6 aliphatic rings. The van der Waals surface area contributed by atoms with Crippen LogP contribution in [0, 0.1) is 40.4 Å². The van der Waals surface area contributed by atoms with Crippen LogP contribution in [-0.2, 0) is 52.3 Å². The van der Waals surface area contributed by atoms with Crippen molar-refractivity contribution in [1.29, 1.82) is 0 Å². The molecule has 17 atom stereocenters. The van der Waals surface area contributed by atoms with Crippen molar-refractivity contribution in [2.75, 3.05) is 13.2 Å². The van der Waals surface area contributed by atoms with Crippen LogP contribution in [0.1, 0.15) is 86.0 Å². The zero-order valence-corrected chi connectivity index (χ0v) is 32.2. The summed E-state index contributed by atoms with van der Waals surface area (Å²) in [4.78, 5) is 50.4. The minimum Gasteiger partial charge on any atom is -0.481 e. The molecule has 0 radical (unpaired) electrons. The highest BCUT2D eigenvalue weighted by atomic mass is 16.8. The molecule has 5 N–H and O–H groups in total. The van der Waals surface area contributed by atoms with Crippen LogP contribution in [0.15, 0.2) is 12.2 Å². The van der Waals surface area contributed by atoms with E-state index >= 15 is 0 Å². The van der Waals surface area contributed by atoms with Gasteiger partial charge >= 0.3 is 23.9 Å². The number of aliphatic hydroxyl groups is 4. The Morgan fingerprint density at radius 1 is 0.909 bits per heavy atom. The first-order chi connectivity index (χ1) is 25.9. The summed E-state index contributed by atoms with van der Waals surface area (Å²) in [5.41, 5.74) is -0.125. The molecular formula is C39H58O16. The van der Waals surface area contributed by atoms with Gasteiger partial charge < -0.3 is 58.7 Å². The zero-order valence-electron chi connectivity index (χ0n) is 32.2. The molecule has 0 unspecified atom stereocenters. The monoisotopic (exact) mass is 782 g/mol. The number of carbonyl (C=O) groups excluding carboxylic acids is 3. The Labute approximate surface area is 320 Å². The van der Waals surface area contributed by atoms with Crippen LogP contribution in [0.3, 0.4) is 0 Å². The zero-order chi connectivity index (χ0) is 40.1. The van der Waals surface area contributed by atoms with Gasteiger partial charge in [-0.1, -0.05) is 27.4 Å². The van der Waals surface area contributed by atoms with Gasteiger partial charge in [0.25, 0.3) is 0 Å². The van der Waals surface area contributed by atoms with E-state index in [1.807, 2.05) is 13.8 Å². The van der Waals surface area contributed by atoms with Crippen LogP contribution in [0.5, 0.6) is 0 Å². The number of hydrogen-bond acceptors (Lipinski definition) is 15. The number of carboxylic acid groups (broad SMARTS) is 1. The lowest BCUT2D eigenvalue weighted by Crippen LogP contribution is -2.66. The first-order valence-electron chi connectivity index (χ1n) is 19.6. The Hall–Kier alpha value is -2.70. The highest BCUT2D eigenvalue weighted by molar-refractivity contribution is 5.71. The molecule has 0 aromatic rings. The average molecular weight is 783 g/mol. The lowest BCUT2D eigenvalue weighted by atomic mass is 9.43. The standard InChI is InChI=1S/C39H58O16/c1-17(2)11-28(43)54-33-32(55-36-30(45)29(44)26(16-49-36)50-19(4)41)31(51-20(5)42)25(15-40)53-37(33)52-22-12-23(35(47)48)24-9-10-39-13-21(18(3)34(39)46)7-8-27(39)38(24,6)14-22/h17,21-27,29-34,36-37,40,44-46H,3,7-16H2,1-2,4-6H3,(H,47,48)/t21-,22-,23-,24-,25-,26+,27+,29+,30-,31-,32+,33-,34+,36+,37-,38-,39-/m1/s1. The van der Waals surface area contributed by atoms with E-state index in [1.165, 1.54) is 0 Å². The Balaban J connectivity index is 1.33. The van der Waals surface area contributed by atoms with Crippen molar-refractivity contribution in [1.82, 2.24) is 0 Å². The minimum atomic E-state index is -1.79. The van der Waals surface area contributed by atoms with E-state index in [-0.39, 0.29) is 43.1 Å². The number of carboxylic acids is 1. The quantitative estimate of drug-likeness (QED) is 0.0867. The second kappa shape index (κ2) is 16.3. The molecule has 2 heterocycles. The Morgan fingerprint density at radius 3 is 2.25 bits per heavy atom. The predicted molar refractivity (Wildman–Crippen MR) is 187 cm³/mol. The van der Waals surface area contributed by atoms with Crippen LogP contribution in [-0.4, -0.2) is 130 Å². The molecule has 1 spiro atoms. The summed E-state index contributed by atoms with van der Waals surface area (Å²) in [6.07, 6.45) is -10.7. The Kier molecular flexibility index (Phi) is 12.4. The van der Waals surface area contributed by atoms with Crippen molar-refractivity contribution >= 4 is 23.9 Å². The van der Waals surface area contributed by atoms with Gasteiger partial charge in [0.15, 0.2) is 30.9 Å². The fraction of sp³-hybridized carbons (Fsp3) is 0.846. The van der Waals surface area contributed by atoms with Gasteiger partial charge in [-0.3, -0.25) is 19.2 Å². The molecule has 0 aromatic heterocycles. The van der Waals surface area contributed by atoms with Crippen molar-refractivity contribution in [3.05, 3.63) is 12.2 Å². The highest BCUT2D eigenvalue weighted by Crippen LogP contribution is 2.70. The van der Waals surface area contributed by atoms with E-state index in [2.05, 4.69) is 13.5 Å². The molecule has 0 aromatic carbocycles. The van der Waals surface area contributed by atoms with E-state index < -0.39 is 115 Å². The van der Waals surface area contributed by atoms with Gasteiger partial charge in [0.2, 0.25) is 0 Å². The summed E-state index contributed by atoms with van der Waals surface area (Å²) in [5, 5.41) is 54.6. The first-order valence-corrected chi connectivity index (χ1v) is 19.6. The number of rotatable bonds is 11. The SMILES string of the molecule is C=C1[C@@H]2CC[C@H]3[C@]4(C)C[C@H](O[C@@H]5O[C@H](CO)[C@@H](OC(C)=O)[C@H](O[C@@H]6OC[C@H](OC(C)=O)[C@H](O)[C@H]6O)[C@H]5OC(=O)CC(C)C)C[C@@H](C(=O)O)[C@H]4CC[C@]3(C2)[C@H]1O. The van der Waals surface area contributed by atoms with Gasteiger partial charge in [0.05, 0.1) is 31.3 Å². The molecule has 2 bridgehead atoms. The van der Waals surface area contributed by atoms with Crippen LogP contribution in [0.25, 0.3) is 0 Å². The topological polar surface area (TPSA) is 234 Å². The third kappa shape index (κ3) is 7.94. The lowest BCUT2D eigenvalue weighted by Gasteiger charge is -2.62. The molecule has 4 saturated carbocycles. The number of fused-ring (bicyclic) bond motifs is 3. The maximum Gasteiger partial charge on any atom is 0.306 e. The Bertz CT molecular complexity index is 1470. The van der Waals surface area contributed by atoms with E-state index in [0.29, 0.717) is 19.3 Å². The maximum atomic E-state index is 13.4. The van der Waals surface area contributed by atoms with Gasteiger partial charge in [0.1, 0.15) is 24.4 Å². The first kappa shape index (κ1) is 41.9. The average Bonchev–Trinajstić information content (AvgIpc) is 3.27. The van der Waals surface area contributed by atoms with Gasteiger partial charge in [-0.25, -0.2) is 0 Å². The molecule has 0 amide bonds. The third-order valence-electron chi connectivity index (χ3n) is 13.4. The van der Waals surface area contributed by atoms with E-state index in [4.69, 9.17) is 33.2 Å². The fourth-order valence-electron chi connectivity index (χ4n) is 11.2.